The number of hydrogen-bond acceptors (Lipinski definition) is 1. The molecule has 48 heavy (non-hydrogen) atoms. The van der Waals surface area contributed by atoms with E-state index in [9.17, 15) is 13.2 Å². The van der Waals surface area contributed by atoms with Crippen LogP contribution in [0.15, 0.2) is 158 Å². The van der Waals surface area contributed by atoms with Gasteiger partial charge in [0.25, 0.3) is 0 Å². The highest BCUT2D eigenvalue weighted by Gasteiger charge is 2.20. The number of rotatable bonds is 5. The zero-order valence-corrected chi connectivity index (χ0v) is 25.5. The van der Waals surface area contributed by atoms with Gasteiger partial charge in [0.05, 0.1) is 22.1 Å². The van der Waals surface area contributed by atoms with E-state index in [4.69, 9.17) is 0 Å². The van der Waals surface area contributed by atoms with Gasteiger partial charge in [-0.1, -0.05) is 36.4 Å². The Bertz CT molecular complexity index is 2470. The predicted octanol–water partition coefficient (Wildman–Crippen LogP) is 11.8. The second kappa shape index (κ2) is 10.9. The third kappa shape index (κ3) is 4.45. The van der Waals surface area contributed by atoms with E-state index in [1.54, 1.807) is 36.4 Å². The van der Waals surface area contributed by atoms with E-state index in [1.165, 1.54) is 36.4 Å². The Morgan fingerprint density at radius 2 is 0.688 bits per heavy atom. The first-order chi connectivity index (χ1) is 23.5. The summed E-state index contributed by atoms with van der Waals surface area (Å²) in [6.07, 6.45) is 0. The highest BCUT2D eigenvalue weighted by atomic mass is 19.1. The molecular formula is C42H26F3N3. The fraction of sp³-hybridized carbons (Fsp3) is 0. The largest absolute Gasteiger partial charge is 0.310 e. The van der Waals surface area contributed by atoms with E-state index in [0.717, 1.165) is 72.0 Å². The van der Waals surface area contributed by atoms with Gasteiger partial charge in [-0.3, -0.25) is 0 Å². The molecule has 0 spiro atoms. The maximum Gasteiger partial charge on any atom is 0.123 e. The average Bonchev–Trinajstić information content (AvgIpc) is 3.63. The minimum atomic E-state index is -0.311. The molecule has 0 amide bonds. The summed E-state index contributed by atoms with van der Waals surface area (Å²) in [6.45, 7) is 0. The summed E-state index contributed by atoms with van der Waals surface area (Å²) >= 11 is 0. The number of hydrogen-bond donors (Lipinski definition) is 0. The zero-order chi connectivity index (χ0) is 32.4. The second-order valence-corrected chi connectivity index (χ2v) is 11.9. The molecule has 0 bridgehead atoms. The topological polar surface area (TPSA) is 13.1 Å². The van der Waals surface area contributed by atoms with Crippen LogP contribution in [-0.4, -0.2) is 9.13 Å². The van der Waals surface area contributed by atoms with E-state index >= 15 is 0 Å². The summed E-state index contributed by atoms with van der Waals surface area (Å²) in [7, 11) is 0. The van der Waals surface area contributed by atoms with Gasteiger partial charge in [-0.15, -0.1) is 0 Å². The number of halogens is 3. The maximum absolute atomic E-state index is 14.2. The monoisotopic (exact) mass is 629 g/mol. The van der Waals surface area contributed by atoms with Crippen molar-refractivity contribution in [3.63, 3.8) is 0 Å². The minimum absolute atomic E-state index is 0.283. The summed E-state index contributed by atoms with van der Waals surface area (Å²) in [6, 6.07) is 48.6. The third-order valence-corrected chi connectivity index (χ3v) is 9.08. The van der Waals surface area contributed by atoms with Crippen LogP contribution in [0.5, 0.6) is 0 Å². The van der Waals surface area contributed by atoms with Crippen molar-refractivity contribution in [1.82, 2.24) is 9.13 Å². The Kier molecular flexibility index (Phi) is 6.37. The van der Waals surface area contributed by atoms with E-state index < -0.39 is 0 Å². The lowest BCUT2D eigenvalue weighted by Gasteiger charge is -2.26. The van der Waals surface area contributed by atoms with Crippen LogP contribution in [0.1, 0.15) is 0 Å². The van der Waals surface area contributed by atoms with E-state index in [-0.39, 0.29) is 17.5 Å². The van der Waals surface area contributed by atoms with Gasteiger partial charge in [-0.25, -0.2) is 13.2 Å². The summed E-state index contributed by atoms with van der Waals surface area (Å²) in [5.74, 6) is -0.877. The van der Waals surface area contributed by atoms with Gasteiger partial charge in [0.15, 0.2) is 0 Å². The molecule has 2 aromatic heterocycles. The van der Waals surface area contributed by atoms with E-state index in [2.05, 4.69) is 74.7 Å². The molecule has 0 aliphatic heterocycles. The van der Waals surface area contributed by atoms with Crippen molar-refractivity contribution in [2.45, 2.75) is 0 Å². The highest BCUT2D eigenvalue weighted by molar-refractivity contribution is 6.12. The molecule has 0 saturated carbocycles. The Hall–Kier alpha value is -6.27. The zero-order valence-electron chi connectivity index (χ0n) is 25.5. The summed E-state index contributed by atoms with van der Waals surface area (Å²) < 4.78 is 46.3. The lowest BCUT2D eigenvalue weighted by Crippen LogP contribution is -2.10. The summed E-state index contributed by atoms with van der Waals surface area (Å²) in [4.78, 5) is 2.13. The van der Waals surface area contributed by atoms with Gasteiger partial charge in [-0.05, 0) is 121 Å². The number of fused-ring (bicyclic) bond motifs is 6. The van der Waals surface area contributed by atoms with Crippen LogP contribution in [0, 0.1) is 17.5 Å². The van der Waals surface area contributed by atoms with Crippen molar-refractivity contribution in [2.24, 2.45) is 0 Å². The van der Waals surface area contributed by atoms with Crippen LogP contribution >= 0.6 is 0 Å². The Balaban J connectivity index is 1.27. The normalized spacial score (nSPS) is 11.6. The SMILES string of the molecule is Fc1ccc(N(c2ccc3c(c2)c2ccccc2n3-c2ccc(F)cc2)c2ccc3c(c2)c2ccccc2n3-c2ccc(F)cc2)cc1. The average molecular weight is 630 g/mol. The smallest absolute Gasteiger partial charge is 0.123 e. The first kappa shape index (κ1) is 28.0. The lowest BCUT2D eigenvalue weighted by molar-refractivity contribution is 0.627. The number of aromatic nitrogens is 2. The van der Waals surface area contributed by atoms with Crippen molar-refractivity contribution in [1.29, 1.82) is 0 Å². The molecule has 9 rings (SSSR count). The number of nitrogens with zero attached hydrogens (tertiary/aromatic N) is 3. The molecule has 0 saturated heterocycles. The molecule has 0 atom stereocenters. The molecular weight excluding hydrogens is 603 g/mol. The molecule has 2 heterocycles. The Morgan fingerprint density at radius 1 is 0.333 bits per heavy atom. The molecule has 0 N–H and O–H groups in total. The van der Waals surface area contributed by atoms with Gasteiger partial charge >= 0.3 is 0 Å². The van der Waals surface area contributed by atoms with E-state index in [1.807, 2.05) is 24.3 Å². The van der Waals surface area contributed by atoms with Crippen LogP contribution in [0.2, 0.25) is 0 Å². The first-order valence-corrected chi connectivity index (χ1v) is 15.7. The minimum Gasteiger partial charge on any atom is -0.310 e. The number of benzene rings is 7. The highest BCUT2D eigenvalue weighted by Crippen LogP contribution is 2.42. The van der Waals surface area contributed by atoms with Gasteiger partial charge < -0.3 is 14.0 Å². The second-order valence-electron chi connectivity index (χ2n) is 11.9. The molecule has 6 heteroatoms. The molecule has 0 aliphatic carbocycles. The van der Waals surface area contributed by atoms with Crippen LogP contribution in [0.3, 0.4) is 0 Å². The van der Waals surface area contributed by atoms with Crippen molar-refractivity contribution >= 4 is 60.7 Å². The summed E-state index contributed by atoms with van der Waals surface area (Å²) in [5.41, 5.74) is 8.35. The van der Waals surface area contributed by atoms with Crippen LogP contribution < -0.4 is 4.90 Å². The van der Waals surface area contributed by atoms with Gasteiger partial charge in [-0.2, -0.15) is 0 Å². The van der Waals surface area contributed by atoms with E-state index in [0.29, 0.717) is 0 Å². The first-order valence-electron chi connectivity index (χ1n) is 15.7. The molecule has 0 radical (unpaired) electrons. The van der Waals surface area contributed by atoms with Crippen LogP contribution in [0.25, 0.3) is 55.0 Å². The van der Waals surface area contributed by atoms with Crippen LogP contribution in [0.4, 0.5) is 30.2 Å². The third-order valence-electron chi connectivity index (χ3n) is 9.08. The van der Waals surface area contributed by atoms with Gasteiger partial charge in [0.1, 0.15) is 17.5 Å². The van der Waals surface area contributed by atoms with Crippen molar-refractivity contribution in [2.75, 3.05) is 4.90 Å². The maximum atomic E-state index is 14.2. The van der Waals surface area contributed by atoms with Crippen molar-refractivity contribution in [3.8, 4) is 11.4 Å². The molecule has 9 aromatic rings. The van der Waals surface area contributed by atoms with Crippen LogP contribution in [-0.2, 0) is 0 Å². The van der Waals surface area contributed by atoms with Crippen molar-refractivity contribution < 1.29 is 13.2 Å². The lowest BCUT2D eigenvalue weighted by atomic mass is 10.1. The number of anilines is 3. The fourth-order valence-corrected chi connectivity index (χ4v) is 6.97. The quantitative estimate of drug-likeness (QED) is 0.185. The Morgan fingerprint density at radius 3 is 1.12 bits per heavy atom. The molecule has 0 unspecified atom stereocenters. The standard InChI is InChI=1S/C42H26F3N3/c43-27-9-15-30(16-10-27)46(33-21-23-41-37(25-33)35-5-1-3-7-39(35)47(41)31-17-11-28(44)12-18-31)34-22-24-42-38(26-34)36-6-2-4-8-40(36)48(42)32-19-13-29(45)14-20-32/h1-26H. The summed E-state index contributed by atoms with van der Waals surface area (Å²) in [5, 5.41) is 4.20. The molecule has 0 fully saturated rings. The van der Waals surface area contributed by atoms with Gasteiger partial charge in [0, 0.05) is 50.0 Å². The molecule has 230 valence electrons. The van der Waals surface area contributed by atoms with Crippen molar-refractivity contribution in [3.05, 3.63) is 175 Å². The van der Waals surface area contributed by atoms with Gasteiger partial charge in [0.2, 0.25) is 0 Å². The molecule has 3 nitrogen and oxygen atoms in total. The Labute approximate surface area is 273 Å². The number of para-hydroxylation sites is 2. The predicted molar refractivity (Wildman–Crippen MR) is 190 cm³/mol. The molecule has 0 aliphatic rings. The fourth-order valence-electron chi connectivity index (χ4n) is 6.97. The molecule has 7 aromatic carbocycles.